The molecule has 0 aliphatic carbocycles. The van der Waals surface area contributed by atoms with E-state index in [1.807, 2.05) is 5.43 Å². The fourth-order valence-corrected chi connectivity index (χ4v) is 2.09. The molecule has 0 fully saturated rings. The second-order valence-electron chi connectivity index (χ2n) is 5.12. The number of nitrogens with one attached hydrogen (secondary N) is 3. The monoisotopic (exact) mass is 373 g/mol. The van der Waals surface area contributed by atoms with Crippen LogP contribution < -0.4 is 25.6 Å². The molecule has 9 nitrogen and oxygen atoms in total. The molecule has 0 saturated heterocycles. The number of furan rings is 1. The van der Waals surface area contributed by atoms with Crippen molar-refractivity contribution in [3.8, 4) is 11.5 Å². The molecule has 27 heavy (non-hydrogen) atoms. The SMILES string of the molecule is COc1cccc(/C=C/C(=O)NNC(=O)C(=O)NCc2ccco2)c1OC. The van der Waals surface area contributed by atoms with Crippen LogP contribution in [0.3, 0.4) is 0 Å². The van der Waals surface area contributed by atoms with E-state index in [1.54, 1.807) is 30.3 Å². The minimum Gasteiger partial charge on any atom is -0.493 e. The molecule has 142 valence electrons. The standard InChI is InChI=1S/C18H19N3O6/c1-25-14-7-3-5-12(16(14)26-2)8-9-15(22)20-21-18(24)17(23)19-11-13-6-4-10-27-13/h3-10H,11H2,1-2H3,(H,19,23)(H,20,22)(H,21,24)/b9-8+. The molecule has 1 heterocycles. The van der Waals surface area contributed by atoms with Gasteiger partial charge in [-0.3, -0.25) is 25.2 Å². The lowest BCUT2D eigenvalue weighted by atomic mass is 10.1. The molecule has 0 spiro atoms. The van der Waals surface area contributed by atoms with Crippen LogP contribution in [0.4, 0.5) is 0 Å². The van der Waals surface area contributed by atoms with Gasteiger partial charge in [-0.2, -0.15) is 0 Å². The molecule has 1 aromatic carbocycles. The van der Waals surface area contributed by atoms with Crippen molar-refractivity contribution in [2.45, 2.75) is 6.54 Å². The molecule has 3 N–H and O–H groups in total. The Kier molecular flexibility index (Phi) is 7.00. The molecule has 9 heteroatoms. The fourth-order valence-electron chi connectivity index (χ4n) is 2.09. The zero-order valence-corrected chi connectivity index (χ0v) is 14.8. The van der Waals surface area contributed by atoms with E-state index in [2.05, 4.69) is 10.7 Å². The Bertz CT molecular complexity index is 830. The quantitative estimate of drug-likeness (QED) is 0.391. The van der Waals surface area contributed by atoms with Gasteiger partial charge in [-0.15, -0.1) is 0 Å². The first-order chi connectivity index (χ1) is 13.0. The first kappa shape index (κ1) is 19.6. The Morgan fingerprint density at radius 3 is 2.52 bits per heavy atom. The van der Waals surface area contributed by atoms with Crippen LogP contribution in [0.1, 0.15) is 11.3 Å². The minimum absolute atomic E-state index is 0.0583. The van der Waals surface area contributed by atoms with Crippen LogP contribution in [-0.4, -0.2) is 31.9 Å². The van der Waals surface area contributed by atoms with Crippen LogP contribution in [0, 0.1) is 0 Å². The van der Waals surface area contributed by atoms with E-state index in [-0.39, 0.29) is 6.54 Å². The zero-order valence-electron chi connectivity index (χ0n) is 14.8. The first-order valence-electron chi connectivity index (χ1n) is 7.84. The first-order valence-corrected chi connectivity index (χ1v) is 7.84. The van der Waals surface area contributed by atoms with Gasteiger partial charge < -0.3 is 19.2 Å². The summed E-state index contributed by atoms with van der Waals surface area (Å²) in [5, 5.41) is 2.35. The summed E-state index contributed by atoms with van der Waals surface area (Å²) in [6.45, 7) is 0.0583. The molecule has 0 atom stereocenters. The molecule has 0 radical (unpaired) electrons. The van der Waals surface area contributed by atoms with Crippen molar-refractivity contribution in [3.05, 3.63) is 54.0 Å². The number of carbonyl (C=O) groups is 3. The third kappa shape index (κ3) is 5.63. The van der Waals surface area contributed by atoms with Crippen LogP contribution in [0.25, 0.3) is 6.08 Å². The van der Waals surface area contributed by atoms with Crippen LogP contribution in [0.5, 0.6) is 11.5 Å². The summed E-state index contributed by atoms with van der Waals surface area (Å²) in [4.78, 5) is 35.1. The molecule has 3 amide bonds. The predicted octanol–water partition coefficient (Wildman–Crippen LogP) is 0.774. The third-order valence-electron chi connectivity index (χ3n) is 3.36. The van der Waals surface area contributed by atoms with E-state index in [0.717, 1.165) is 0 Å². The highest BCUT2D eigenvalue weighted by atomic mass is 16.5. The number of para-hydroxylation sites is 1. The van der Waals surface area contributed by atoms with E-state index in [4.69, 9.17) is 13.9 Å². The molecule has 2 rings (SSSR count). The highest BCUT2D eigenvalue weighted by Gasteiger charge is 2.14. The maximum Gasteiger partial charge on any atom is 0.327 e. The summed E-state index contributed by atoms with van der Waals surface area (Å²) >= 11 is 0. The number of amides is 3. The summed E-state index contributed by atoms with van der Waals surface area (Å²) in [7, 11) is 2.99. The molecule has 0 saturated carbocycles. The van der Waals surface area contributed by atoms with E-state index >= 15 is 0 Å². The molecule has 0 unspecified atom stereocenters. The van der Waals surface area contributed by atoms with Crippen molar-refractivity contribution in [2.24, 2.45) is 0 Å². The van der Waals surface area contributed by atoms with Crippen molar-refractivity contribution in [3.63, 3.8) is 0 Å². The summed E-state index contributed by atoms with van der Waals surface area (Å²) < 4.78 is 15.4. The van der Waals surface area contributed by atoms with Gasteiger partial charge in [0.05, 0.1) is 27.0 Å². The van der Waals surface area contributed by atoms with Gasteiger partial charge in [-0.05, 0) is 24.3 Å². The molecule has 0 bridgehead atoms. The van der Waals surface area contributed by atoms with Crippen molar-refractivity contribution >= 4 is 23.8 Å². The van der Waals surface area contributed by atoms with Gasteiger partial charge in [0.25, 0.3) is 5.91 Å². The van der Waals surface area contributed by atoms with Crippen LogP contribution in [0.2, 0.25) is 0 Å². The van der Waals surface area contributed by atoms with E-state index < -0.39 is 17.7 Å². The highest BCUT2D eigenvalue weighted by molar-refractivity contribution is 6.35. The molecule has 2 aromatic rings. The molecule has 0 aliphatic rings. The van der Waals surface area contributed by atoms with Crippen molar-refractivity contribution in [2.75, 3.05) is 14.2 Å². The lowest BCUT2D eigenvalue weighted by molar-refractivity contribution is -0.140. The maximum absolute atomic E-state index is 11.8. The van der Waals surface area contributed by atoms with Crippen molar-refractivity contribution in [1.29, 1.82) is 0 Å². The average molecular weight is 373 g/mol. The predicted molar refractivity (Wildman–Crippen MR) is 95.4 cm³/mol. The van der Waals surface area contributed by atoms with Gasteiger partial charge in [0.15, 0.2) is 11.5 Å². The van der Waals surface area contributed by atoms with Gasteiger partial charge in [0, 0.05) is 11.6 Å². The smallest absolute Gasteiger partial charge is 0.327 e. The topological polar surface area (TPSA) is 119 Å². The van der Waals surface area contributed by atoms with Gasteiger partial charge >= 0.3 is 11.8 Å². The number of hydrazine groups is 1. The minimum atomic E-state index is -1.01. The van der Waals surface area contributed by atoms with Crippen molar-refractivity contribution < 1.29 is 28.3 Å². The van der Waals surface area contributed by atoms with Crippen molar-refractivity contribution in [1.82, 2.24) is 16.2 Å². The Morgan fingerprint density at radius 1 is 1.04 bits per heavy atom. The zero-order chi connectivity index (χ0) is 19.6. The van der Waals surface area contributed by atoms with E-state index in [1.165, 1.54) is 32.6 Å². The van der Waals surface area contributed by atoms with Crippen LogP contribution >= 0.6 is 0 Å². The fraction of sp³-hybridized carbons (Fsp3) is 0.167. The van der Waals surface area contributed by atoms with E-state index in [9.17, 15) is 14.4 Å². The summed E-state index contributed by atoms with van der Waals surface area (Å²) in [5.41, 5.74) is 4.73. The number of benzene rings is 1. The van der Waals surface area contributed by atoms with Crippen LogP contribution in [-0.2, 0) is 20.9 Å². The normalized spacial score (nSPS) is 10.3. The molecular formula is C18H19N3O6. The summed E-state index contributed by atoms with van der Waals surface area (Å²) in [5.74, 6) is -1.08. The van der Waals surface area contributed by atoms with Gasteiger partial charge in [0.2, 0.25) is 0 Å². The maximum atomic E-state index is 11.8. The highest BCUT2D eigenvalue weighted by Crippen LogP contribution is 2.31. The molecular weight excluding hydrogens is 354 g/mol. The lowest BCUT2D eigenvalue weighted by Crippen LogP contribution is -2.47. The van der Waals surface area contributed by atoms with Crippen LogP contribution in [0.15, 0.2) is 47.1 Å². The largest absolute Gasteiger partial charge is 0.493 e. The third-order valence-corrected chi connectivity index (χ3v) is 3.36. The number of methoxy groups -OCH3 is 2. The number of carbonyl (C=O) groups excluding carboxylic acids is 3. The molecule has 0 aliphatic heterocycles. The second kappa shape index (κ2) is 9.66. The molecule has 1 aromatic heterocycles. The summed E-state index contributed by atoms with van der Waals surface area (Å²) in [6.07, 6.45) is 4.11. The number of hydrogen-bond acceptors (Lipinski definition) is 6. The Morgan fingerprint density at radius 2 is 1.85 bits per heavy atom. The summed E-state index contributed by atoms with van der Waals surface area (Å²) in [6, 6.07) is 8.50. The van der Waals surface area contributed by atoms with Gasteiger partial charge in [0.1, 0.15) is 5.76 Å². The Hall–Kier alpha value is -3.75. The second-order valence-corrected chi connectivity index (χ2v) is 5.12. The van der Waals surface area contributed by atoms with E-state index in [0.29, 0.717) is 22.8 Å². The van der Waals surface area contributed by atoms with Gasteiger partial charge in [-0.25, -0.2) is 0 Å². The average Bonchev–Trinajstić information content (AvgIpc) is 3.21. The number of hydrogen-bond donors (Lipinski definition) is 3. The number of rotatable bonds is 6. The number of ether oxygens (including phenoxy) is 2. The lowest BCUT2D eigenvalue weighted by Gasteiger charge is -2.10. The Balaban J connectivity index is 1.84. The van der Waals surface area contributed by atoms with Gasteiger partial charge in [-0.1, -0.05) is 12.1 Å². The Labute approximate surface area is 155 Å².